The second kappa shape index (κ2) is 9.02. The van der Waals surface area contributed by atoms with E-state index in [9.17, 15) is 27.9 Å². The number of aryl methyl sites for hydroxylation is 1. The molecule has 12 heteroatoms. The molecule has 0 aliphatic carbocycles. The van der Waals surface area contributed by atoms with Crippen LogP contribution < -0.4 is 10.7 Å². The van der Waals surface area contributed by atoms with E-state index in [2.05, 4.69) is 29.9 Å². The van der Waals surface area contributed by atoms with Crippen LogP contribution in [0.15, 0.2) is 35.3 Å². The summed E-state index contributed by atoms with van der Waals surface area (Å²) >= 11 is 0. The van der Waals surface area contributed by atoms with Crippen molar-refractivity contribution in [3.05, 3.63) is 52.1 Å². The zero-order valence-electron chi connectivity index (χ0n) is 18.7. The number of nitrogens with one attached hydrogen (secondary N) is 1. The molecule has 0 unspecified atom stereocenters. The highest BCUT2D eigenvalue weighted by Gasteiger charge is 2.34. The number of hydrogen-bond acceptors (Lipinski definition) is 5. The summed E-state index contributed by atoms with van der Waals surface area (Å²) in [5.41, 5.74) is -1.42. The molecule has 0 spiro atoms. The Labute approximate surface area is 188 Å². The van der Waals surface area contributed by atoms with Crippen LogP contribution >= 0.6 is 0 Å². The predicted molar refractivity (Wildman–Crippen MR) is 121 cm³/mol. The van der Waals surface area contributed by atoms with Gasteiger partial charge in [-0.05, 0) is 24.2 Å². The molecule has 0 amide bonds. The van der Waals surface area contributed by atoms with E-state index in [1.54, 1.807) is 0 Å². The molecule has 1 aromatic carbocycles. The number of aromatic nitrogens is 3. The van der Waals surface area contributed by atoms with Gasteiger partial charge in [0.1, 0.15) is 12.4 Å². The Morgan fingerprint density at radius 1 is 1.24 bits per heavy atom. The molecular weight excluding hydrogens is 457 g/mol. The molecule has 8 nitrogen and oxygen atoms in total. The first-order valence-electron chi connectivity index (χ1n) is 10.1. The monoisotopic (exact) mass is 482 g/mol. The van der Waals surface area contributed by atoms with E-state index >= 15 is 0 Å². The van der Waals surface area contributed by atoms with Crippen LogP contribution in [-0.2, 0) is 24.7 Å². The Kier molecular flexibility index (Phi) is 6.70. The van der Waals surface area contributed by atoms with Crippen molar-refractivity contribution in [2.45, 2.75) is 38.6 Å². The highest BCUT2D eigenvalue weighted by molar-refractivity contribution is 6.76. The number of aromatic carboxylic acids is 1. The fourth-order valence-electron chi connectivity index (χ4n) is 3.24. The lowest BCUT2D eigenvalue weighted by molar-refractivity contribution is -0.143. The van der Waals surface area contributed by atoms with E-state index in [4.69, 9.17) is 4.74 Å². The molecule has 178 valence electrons. The SMILES string of the molecule is Cn1c(C(F)(F)F)cc(=O)c2cc(Nc3ncc(C(=O)O)n3COCC[Si](C)(C)C)ccc21. The number of pyridine rings is 1. The fraction of sp³-hybridized carbons (Fsp3) is 0.381. The second-order valence-electron chi connectivity index (χ2n) is 8.86. The maximum atomic E-state index is 13.2. The van der Waals surface area contributed by atoms with Gasteiger partial charge in [-0.1, -0.05) is 19.6 Å². The maximum Gasteiger partial charge on any atom is 0.431 e. The van der Waals surface area contributed by atoms with Crippen molar-refractivity contribution in [3.8, 4) is 0 Å². The van der Waals surface area contributed by atoms with Crippen molar-refractivity contribution < 1.29 is 27.8 Å². The molecular formula is C21H25F3N4O4Si. The molecule has 2 N–H and O–H groups in total. The third-order valence-corrected chi connectivity index (χ3v) is 6.79. The number of halogens is 3. The molecule has 2 heterocycles. The van der Waals surface area contributed by atoms with Gasteiger partial charge in [-0.2, -0.15) is 13.2 Å². The predicted octanol–water partition coefficient (Wildman–Crippen LogP) is 4.51. The van der Waals surface area contributed by atoms with Crippen LogP contribution in [0.3, 0.4) is 0 Å². The number of ether oxygens (including phenoxy) is 1. The van der Waals surface area contributed by atoms with E-state index in [0.717, 1.165) is 10.6 Å². The van der Waals surface area contributed by atoms with Crippen LogP contribution in [-0.4, -0.2) is 39.9 Å². The van der Waals surface area contributed by atoms with Crippen LogP contribution in [0, 0.1) is 0 Å². The summed E-state index contributed by atoms with van der Waals surface area (Å²) in [6, 6.07) is 5.75. The molecule has 0 radical (unpaired) electrons. The van der Waals surface area contributed by atoms with Crippen LogP contribution in [0.5, 0.6) is 0 Å². The number of fused-ring (bicyclic) bond motifs is 1. The minimum absolute atomic E-state index is 0.0429. The van der Waals surface area contributed by atoms with Crippen molar-refractivity contribution in [2.24, 2.45) is 7.05 Å². The summed E-state index contributed by atoms with van der Waals surface area (Å²) in [4.78, 5) is 28.0. The number of alkyl halides is 3. The van der Waals surface area contributed by atoms with Crippen LogP contribution in [0.25, 0.3) is 10.9 Å². The number of benzene rings is 1. The Morgan fingerprint density at radius 2 is 1.94 bits per heavy atom. The van der Waals surface area contributed by atoms with E-state index in [-0.39, 0.29) is 29.3 Å². The maximum absolute atomic E-state index is 13.2. The molecule has 0 atom stereocenters. The van der Waals surface area contributed by atoms with Gasteiger partial charge in [0.05, 0.1) is 11.7 Å². The zero-order valence-corrected chi connectivity index (χ0v) is 19.7. The Hall–Kier alpha value is -3.12. The lowest BCUT2D eigenvalue weighted by atomic mass is 10.1. The van der Waals surface area contributed by atoms with Crippen molar-refractivity contribution in [1.29, 1.82) is 0 Å². The summed E-state index contributed by atoms with van der Waals surface area (Å²) in [5, 5.41) is 12.5. The van der Waals surface area contributed by atoms with Crippen molar-refractivity contribution in [3.63, 3.8) is 0 Å². The van der Waals surface area contributed by atoms with Gasteiger partial charge in [0.15, 0.2) is 11.1 Å². The van der Waals surface area contributed by atoms with E-state index in [1.807, 2.05) is 0 Å². The molecule has 0 saturated carbocycles. The fourth-order valence-corrected chi connectivity index (χ4v) is 4.00. The second-order valence-corrected chi connectivity index (χ2v) is 14.5. The number of anilines is 2. The summed E-state index contributed by atoms with van der Waals surface area (Å²) in [7, 11) is -0.0878. The summed E-state index contributed by atoms with van der Waals surface area (Å²) in [5.74, 6) is -1.01. The standard InChI is InChI=1S/C21H25F3N4O4Si/c1-27-15-6-5-13(9-14(15)17(29)10-18(27)21(22,23)24)26-20-25-11-16(19(30)31)28(20)12-32-7-8-33(2,3)4/h5-6,9-11H,7-8,12H2,1-4H3,(H,25,26)(H,30,31). The highest BCUT2D eigenvalue weighted by atomic mass is 28.3. The average molecular weight is 483 g/mol. The average Bonchev–Trinajstić information content (AvgIpc) is 3.09. The lowest BCUT2D eigenvalue weighted by Gasteiger charge is -2.17. The first-order chi connectivity index (χ1) is 15.3. The molecule has 0 aliphatic heterocycles. The van der Waals surface area contributed by atoms with Crippen LogP contribution in [0.2, 0.25) is 25.7 Å². The summed E-state index contributed by atoms with van der Waals surface area (Å²) in [6.07, 6.45) is -3.48. The lowest BCUT2D eigenvalue weighted by Crippen LogP contribution is -2.22. The Morgan fingerprint density at radius 3 is 2.55 bits per heavy atom. The molecule has 3 aromatic rings. The molecule has 3 rings (SSSR count). The molecule has 0 saturated heterocycles. The topological polar surface area (TPSA) is 98.4 Å². The van der Waals surface area contributed by atoms with Gasteiger partial charge in [-0.25, -0.2) is 9.78 Å². The van der Waals surface area contributed by atoms with Crippen molar-refractivity contribution >= 4 is 36.6 Å². The van der Waals surface area contributed by atoms with Gasteiger partial charge in [0, 0.05) is 38.9 Å². The number of carboxylic acid groups (broad SMARTS) is 1. The Balaban J connectivity index is 1.91. The largest absolute Gasteiger partial charge is 0.477 e. The summed E-state index contributed by atoms with van der Waals surface area (Å²) < 4.78 is 47.5. The normalized spacial score (nSPS) is 12.3. The smallest absolute Gasteiger partial charge is 0.431 e. The number of rotatable bonds is 8. The van der Waals surface area contributed by atoms with E-state index < -0.39 is 31.3 Å². The van der Waals surface area contributed by atoms with Gasteiger partial charge < -0.3 is 19.7 Å². The van der Waals surface area contributed by atoms with Crippen molar-refractivity contribution in [2.75, 3.05) is 11.9 Å². The number of hydrogen-bond donors (Lipinski definition) is 2. The highest BCUT2D eigenvalue weighted by Crippen LogP contribution is 2.30. The van der Waals surface area contributed by atoms with Gasteiger partial charge in [-0.15, -0.1) is 0 Å². The third kappa shape index (κ3) is 5.63. The molecule has 2 aromatic heterocycles. The number of nitrogens with zero attached hydrogens (tertiary/aromatic N) is 3. The quantitative estimate of drug-likeness (QED) is 0.362. The molecule has 0 fully saturated rings. The molecule has 0 bridgehead atoms. The Bertz CT molecular complexity index is 1250. The van der Waals surface area contributed by atoms with Gasteiger partial charge in [0.25, 0.3) is 0 Å². The van der Waals surface area contributed by atoms with Gasteiger partial charge in [-0.3, -0.25) is 9.36 Å². The third-order valence-electron chi connectivity index (χ3n) is 5.09. The van der Waals surface area contributed by atoms with Gasteiger partial charge in [0.2, 0.25) is 5.95 Å². The van der Waals surface area contributed by atoms with E-state index in [0.29, 0.717) is 18.4 Å². The number of carbonyl (C=O) groups is 1. The van der Waals surface area contributed by atoms with Crippen molar-refractivity contribution in [1.82, 2.24) is 14.1 Å². The van der Waals surface area contributed by atoms with Crippen LogP contribution in [0.4, 0.5) is 24.8 Å². The molecule has 33 heavy (non-hydrogen) atoms. The van der Waals surface area contributed by atoms with Gasteiger partial charge >= 0.3 is 12.1 Å². The van der Waals surface area contributed by atoms with Crippen LogP contribution in [0.1, 0.15) is 16.2 Å². The number of imidazole rings is 1. The minimum Gasteiger partial charge on any atom is -0.477 e. The zero-order chi connectivity index (χ0) is 24.6. The minimum atomic E-state index is -4.66. The summed E-state index contributed by atoms with van der Waals surface area (Å²) in [6.45, 7) is 7.03. The van der Waals surface area contributed by atoms with E-state index in [1.165, 1.54) is 36.0 Å². The first-order valence-corrected chi connectivity index (χ1v) is 13.8. The molecule has 0 aliphatic rings. The first kappa shape index (κ1) is 24.5. The number of carboxylic acids is 1.